The zero-order valence-corrected chi connectivity index (χ0v) is 6.57. The molecule has 4 heteroatoms. The molecule has 0 aliphatic heterocycles. The third kappa shape index (κ3) is 3500. The summed E-state index contributed by atoms with van der Waals surface area (Å²) in [5.74, 6) is 0. The van der Waals surface area contributed by atoms with Gasteiger partial charge in [-0.05, 0) is 0 Å². The molecule has 0 saturated heterocycles. The van der Waals surface area contributed by atoms with Gasteiger partial charge in [0.05, 0.1) is 0 Å². The Morgan fingerprint density at radius 3 is 0.625 bits per heavy atom. The zero-order valence-electron chi connectivity index (χ0n) is 5.67. The van der Waals surface area contributed by atoms with Crippen molar-refractivity contribution in [3.8, 4) is 0 Å². The summed E-state index contributed by atoms with van der Waals surface area (Å²) in [7, 11) is -0.389. The van der Waals surface area contributed by atoms with Gasteiger partial charge in [0.1, 0.15) is 0 Å². The van der Waals surface area contributed by atoms with Crippen LogP contribution in [-0.2, 0) is 0 Å². The SMILES string of the molecule is C[P+](C)(C)C.F.F.F. The van der Waals surface area contributed by atoms with Crippen molar-refractivity contribution < 1.29 is 14.1 Å². The van der Waals surface area contributed by atoms with Crippen LogP contribution in [-0.4, -0.2) is 26.7 Å². The van der Waals surface area contributed by atoms with Gasteiger partial charge in [-0.15, -0.1) is 0 Å². The first-order valence-corrected chi connectivity index (χ1v) is 5.37. The van der Waals surface area contributed by atoms with Gasteiger partial charge in [0.15, 0.2) is 0 Å². The van der Waals surface area contributed by atoms with Gasteiger partial charge in [-0.3, -0.25) is 14.1 Å². The molecule has 56 valence electrons. The Morgan fingerprint density at radius 2 is 0.625 bits per heavy atom. The maximum atomic E-state index is 2.30. The average Bonchev–Trinajstić information content (AvgIpc) is 0.722. The molecule has 0 aliphatic rings. The minimum Gasteiger partial charge on any atom is -0.269 e. The fraction of sp³-hybridized carbons (Fsp3) is 1.00. The highest BCUT2D eigenvalue weighted by Gasteiger charge is 2.03. The van der Waals surface area contributed by atoms with Crippen molar-refractivity contribution in [1.82, 2.24) is 0 Å². The summed E-state index contributed by atoms with van der Waals surface area (Å²) < 4.78 is 0. The highest BCUT2D eigenvalue weighted by atomic mass is 31.2. The van der Waals surface area contributed by atoms with Crippen LogP contribution in [0.4, 0.5) is 14.1 Å². The van der Waals surface area contributed by atoms with E-state index in [2.05, 4.69) is 26.7 Å². The smallest absolute Gasteiger partial charge is 0.0481 e. The second kappa shape index (κ2) is 7.22. The quantitative estimate of drug-likeness (QED) is 0.464. The van der Waals surface area contributed by atoms with Gasteiger partial charge in [0, 0.05) is 33.9 Å². The molecule has 8 heavy (non-hydrogen) atoms. The average molecular weight is 151 g/mol. The van der Waals surface area contributed by atoms with E-state index in [1.54, 1.807) is 0 Å². The first kappa shape index (κ1) is 24.1. The highest BCUT2D eigenvalue weighted by Crippen LogP contribution is 2.40. The summed E-state index contributed by atoms with van der Waals surface area (Å²) in [6, 6.07) is 0. The van der Waals surface area contributed by atoms with Crippen LogP contribution in [0.2, 0.25) is 0 Å². The lowest BCUT2D eigenvalue weighted by Crippen LogP contribution is -1.74. The van der Waals surface area contributed by atoms with Crippen LogP contribution in [0.3, 0.4) is 0 Å². The molecule has 0 aromatic rings. The van der Waals surface area contributed by atoms with Crippen LogP contribution in [0.5, 0.6) is 0 Å². The molecule has 0 aromatic heterocycles. The van der Waals surface area contributed by atoms with Gasteiger partial charge in [-0.1, -0.05) is 0 Å². The van der Waals surface area contributed by atoms with E-state index < -0.39 is 0 Å². The first-order chi connectivity index (χ1) is 2.00. The lowest BCUT2D eigenvalue weighted by atomic mass is 11.8. The van der Waals surface area contributed by atoms with Gasteiger partial charge >= 0.3 is 0 Å². The van der Waals surface area contributed by atoms with Crippen molar-refractivity contribution in [3.05, 3.63) is 0 Å². The van der Waals surface area contributed by atoms with Gasteiger partial charge in [-0.2, -0.15) is 0 Å². The van der Waals surface area contributed by atoms with Gasteiger partial charge in [0.25, 0.3) is 0 Å². The second-order valence-corrected chi connectivity index (χ2v) is 8.05. The molecular weight excluding hydrogens is 136 g/mol. The van der Waals surface area contributed by atoms with Gasteiger partial charge in [-0.25, -0.2) is 0 Å². The normalized spacial score (nSPS) is 7.50. The molecule has 0 spiro atoms. The van der Waals surface area contributed by atoms with Crippen LogP contribution < -0.4 is 0 Å². The van der Waals surface area contributed by atoms with E-state index in [0.717, 1.165) is 0 Å². The Kier molecular flexibility index (Phi) is 21.7. The molecule has 0 amide bonds. The number of hydrogen-bond acceptors (Lipinski definition) is 0. The fourth-order valence-electron chi connectivity index (χ4n) is 0. The Morgan fingerprint density at radius 1 is 0.625 bits per heavy atom. The third-order valence-corrected chi connectivity index (χ3v) is 0. The monoisotopic (exact) mass is 151 g/mol. The lowest BCUT2D eigenvalue weighted by Gasteiger charge is -1.97. The molecule has 0 atom stereocenters. The van der Waals surface area contributed by atoms with Gasteiger partial charge < -0.3 is 0 Å². The first-order valence-electron chi connectivity index (χ1n) is 1.79. The Labute approximate surface area is 49.1 Å². The predicted octanol–water partition coefficient (Wildman–Crippen LogP) is 1.98. The van der Waals surface area contributed by atoms with Crippen molar-refractivity contribution in [1.29, 1.82) is 0 Å². The summed E-state index contributed by atoms with van der Waals surface area (Å²) in [6.45, 7) is 9.19. The summed E-state index contributed by atoms with van der Waals surface area (Å²) in [4.78, 5) is 0. The van der Waals surface area contributed by atoms with E-state index in [0.29, 0.717) is 0 Å². The second-order valence-electron chi connectivity index (χ2n) is 2.68. The molecule has 0 saturated carbocycles. The fourth-order valence-corrected chi connectivity index (χ4v) is 0. The molecule has 0 nitrogen and oxygen atoms in total. The Bertz CT molecular complexity index is 26.8. The summed E-state index contributed by atoms with van der Waals surface area (Å²) in [5.41, 5.74) is 0. The zero-order chi connectivity index (χ0) is 4.50. The van der Waals surface area contributed by atoms with E-state index in [9.17, 15) is 0 Å². The standard InChI is InChI=1S/C4H12P.3FH/c1-5(2,3)4;;;/h1-4H3;3*1H/q+1;;;. The van der Waals surface area contributed by atoms with Crippen molar-refractivity contribution in [2.45, 2.75) is 0 Å². The summed E-state index contributed by atoms with van der Waals surface area (Å²) in [6.07, 6.45) is 0. The summed E-state index contributed by atoms with van der Waals surface area (Å²) in [5, 5.41) is 0. The molecule has 0 aromatic carbocycles. The number of hydrogen-bond donors (Lipinski definition) is 0. The van der Waals surface area contributed by atoms with E-state index in [1.165, 1.54) is 0 Å². The van der Waals surface area contributed by atoms with Crippen molar-refractivity contribution in [2.24, 2.45) is 0 Å². The van der Waals surface area contributed by atoms with E-state index in [-0.39, 0.29) is 21.4 Å². The van der Waals surface area contributed by atoms with Crippen LogP contribution in [0.15, 0.2) is 0 Å². The largest absolute Gasteiger partial charge is 0.269 e. The third-order valence-electron chi connectivity index (χ3n) is 0. The molecule has 0 fully saturated rings. The summed E-state index contributed by atoms with van der Waals surface area (Å²) >= 11 is 0. The highest BCUT2D eigenvalue weighted by molar-refractivity contribution is 7.72. The number of halogens is 3. The molecule has 0 bridgehead atoms. The molecule has 0 N–H and O–H groups in total. The van der Waals surface area contributed by atoms with Crippen LogP contribution in [0, 0.1) is 0 Å². The minimum atomic E-state index is -0.389. The maximum absolute atomic E-state index is 2.30. The van der Waals surface area contributed by atoms with E-state index in [4.69, 9.17) is 0 Å². The molecule has 0 rings (SSSR count). The maximum Gasteiger partial charge on any atom is 0.0481 e. The van der Waals surface area contributed by atoms with E-state index >= 15 is 0 Å². The van der Waals surface area contributed by atoms with Crippen LogP contribution >= 0.6 is 7.26 Å². The van der Waals surface area contributed by atoms with Crippen molar-refractivity contribution in [2.75, 3.05) is 26.7 Å². The molecule has 0 heterocycles. The minimum absolute atomic E-state index is 0. The molecular formula is C4H15F3P+. The molecule has 0 radical (unpaired) electrons. The van der Waals surface area contributed by atoms with Crippen LogP contribution in [0.25, 0.3) is 0 Å². The molecule has 0 unspecified atom stereocenters. The molecule has 0 aliphatic carbocycles. The number of rotatable bonds is 0. The topological polar surface area (TPSA) is 0 Å². The predicted molar refractivity (Wildman–Crippen MR) is 38.1 cm³/mol. The van der Waals surface area contributed by atoms with Gasteiger partial charge in [0.2, 0.25) is 0 Å². The van der Waals surface area contributed by atoms with Crippen molar-refractivity contribution >= 4 is 7.26 Å². The van der Waals surface area contributed by atoms with Crippen LogP contribution in [0.1, 0.15) is 0 Å². The van der Waals surface area contributed by atoms with E-state index in [1.807, 2.05) is 0 Å². The Balaban J connectivity index is -0.0000000267. The Hall–Kier alpha value is 0.220. The lowest BCUT2D eigenvalue weighted by molar-refractivity contribution is 1.11. The van der Waals surface area contributed by atoms with Crippen molar-refractivity contribution in [3.63, 3.8) is 0 Å².